The van der Waals surface area contributed by atoms with E-state index in [1.54, 1.807) is 6.20 Å². The van der Waals surface area contributed by atoms with E-state index in [1.165, 1.54) is 0 Å². The van der Waals surface area contributed by atoms with E-state index >= 15 is 0 Å². The summed E-state index contributed by atoms with van der Waals surface area (Å²) in [5.74, 6) is -2.56. The van der Waals surface area contributed by atoms with Crippen LogP contribution in [-0.4, -0.2) is 71.0 Å². The lowest BCUT2D eigenvalue weighted by atomic mass is 10.0. The summed E-state index contributed by atoms with van der Waals surface area (Å²) in [6.45, 7) is 1.15. The highest BCUT2D eigenvalue weighted by atomic mass is 16.4. The lowest BCUT2D eigenvalue weighted by molar-refractivity contribution is -0.142. The SMILES string of the molecule is NCCCCC(NC(=O)C(Cc1ccccc1)NC(=O)C1CCCN1)C(=O)NC(Cc1c[nH]c2ccccc12)C(=O)O. The maximum Gasteiger partial charge on any atom is 0.326 e. The number of carbonyl (C=O) groups excluding carboxylic acids is 3. The van der Waals surface area contributed by atoms with Crippen molar-refractivity contribution in [2.75, 3.05) is 13.1 Å². The van der Waals surface area contributed by atoms with Crippen molar-refractivity contribution in [2.24, 2.45) is 5.73 Å². The van der Waals surface area contributed by atoms with E-state index in [9.17, 15) is 24.3 Å². The zero-order chi connectivity index (χ0) is 29.9. The van der Waals surface area contributed by atoms with Crippen LogP contribution in [-0.2, 0) is 32.0 Å². The molecule has 4 rings (SSSR count). The minimum Gasteiger partial charge on any atom is -0.480 e. The molecule has 0 aliphatic carbocycles. The van der Waals surface area contributed by atoms with Crippen molar-refractivity contribution in [3.63, 3.8) is 0 Å². The van der Waals surface area contributed by atoms with Crippen LogP contribution in [0.1, 0.15) is 43.2 Å². The quantitative estimate of drug-likeness (QED) is 0.134. The molecule has 224 valence electrons. The van der Waals surface area contributed by atoms with E-state index < -0.39 is 35.9 Å². The number of carboxylic acid groups (broad SMARTS) is 1. The number of H-pyrrole nitrogens is 1. The van der Waals surface area contributed by atoms with E-state index in [-0.39, 0.29) is 31.2 Å². The molecule has 1 aliphatic rings. The Morgan fingerprint density at radius 2 is 1.60 bits per heavy atom. The number of unbranched alkanes of at least 4 members (excludes halogenated alkanes) is 1. The Hall–Kier alpha value is -4.22. The van der Waals surface area contributed by atoms with Gasteiger partial charge in [-0.25, -0.2) is 4.79 Å². The summed E-state index contributed by atoms with van der Waals surface area (Å²) >= 11 is 0. The number of carbonyl (C=O) groups is 4. The van der Waals surface area contributed by atoms with Gasteiger partial charge >= 0.3 is 5.97 Å². The Balaban J connectivity index is 1.48. The molecule has 8 N–H and O–H groups in total. The van der Waals surface area contributed by atoms with Crippen LogP contribution in [0.25, 0.3) is 10.9 Å². The first-order chi connectivity index (χ1) is 20.4. The van der Waals surface area contributed by atoms with Gasteiger partial charge in [-0.15, -0.1) is 0 Å². The van der Waals surface area contributed by atoms with Gasteiger partial charge < -0.3 is 37.1 Å². The zero-order valence-electron chi connectivity index (χ0n) is 23.6. The maximum atomic E-state index is 13.6. The van der Waals surface area contributed by atoms with Crippen LogP contribution in [0, 0.1) is 0 Å². The van der Waals surface area contributed by atoms with Gasteiger partial charge in [-0.3, -0.25) is 14.4 Å². The highest BCUT2D eigenvalue weighted by Gasteiger charge is 2.31. The Bertz CT molecular complexity index is 1350. The second kappa shape index (κ2) is 15.1. The zero-order valence-corrected chi connectivity index (χ0v) is 23.6. The second-order valence-corrected chi connectivity index (χ2v) is 10.7. The van der Waals surface area contributed by atoms with E-state index in [0.717, 1.165) is 35.0 Å². The molecule has 3 aromatic rings. The lowest BCUT2D eigenvalue weighted by Gasteiger charge is -2.25. The molecule has 11 heteroatoms. The third-order valence-corrected chi connectivity index (χ3v) is 7.59. The fourth-order valence-electron chi connectivity index (χ4n) is 5.27. The monoisotopic (exact) mass is 576 g/mol. The lowest BCUT2D eigenvalue weighted by Crippen LogP contribution is -2.57. The average molecular weight is 577 g/mol. The number of aromatic amines is 1. The van der Waals surface area contributed by atoms with Crippen LogP contribution in [0.5, 0.6) is 0 Å². The molecule has 1 aromatic heterocycles. The standard InChI is InChI=1S/C31H40N6O5/c32-15-7-6-13-25(29(39)37-27(31(41)42)18-21-19-34-23-12-5-4-11-22(21)23)35-30(40)26(17-20-9-2-1-3-10-20)36-28(38)24-14-8-16-33-24/h1-5,9-12,19,24-27,33-34H,6-8,13-18,32H2,(H,35,40)(H,36,38)(H,37,39)(H,41,42). The molecule has 11 nitrogen and oxygen atoms in total. The van der Waals surface area contributed by atoms with Gasteiger partial charge in [0.1, 0.15) is 18.1 Å². The number of amides is 3. The largest absolute Gasteiger partial charge is 0.480 e. The fraction of sp³-hybridized carbons (Fsp3) is 0.419. The molecule has 1 fully saturated rings. The van der Waals surface area contributed by atoms with Crippen molar-refractivity contribution in [1.82, 2.24) is 26.3 Å². The molecule has 3 amide bonds. The number of carboxylic acids is 1. The topological polar surface area (TPSA) is 178 Å². The van der Waals surface area contributed by atoms with Crippen molar-refractivity contribution in [2.45, 2.75) is 69.1 Å². The maximum absolute atomic E-state index is 13.6. The van der Waals surface area contributed by atoms with E-state index in [0.29, 0.717) is 25.8 Å². The molecule has 1 saturated heterocycles. The van der Waals surface area contributed by atoms with Crippen molar-refractivity contribution in [1.29, 1.82) is 0 Å². The number of para-hydroxylation sites is 1. The van der Waals surface area contributed by atoms with Gasteiger partial charge in [-0.2, -0.15) is 0 Å². The number of aliphatic carboxylic acids is 1. The van der Waals surface area contributed by atoms with Gasteiger partial charge in [0.15, 0.2) is 0 Å². The number of rotatable bonds is 15. The third kappa shape index (κ3) is 8.40. The van der Waals surface area contributed by atoms with Crippen LogP contribution >= 0.6 is 0 Å². The molecule has 4 unspecified atom stereocenters. The third-order valence-electron chi connectivity index (χ3n) is 7.59. The van der Waals surface area contributed by atoms with Gasteiger partial charge in [0.2, 0.25) is 17.7 Å². The van der Waals surface area contributed by atoms with Gasteiger partial charge in [-0.05, 0) is 62.4 Å². The van der Waals surface area contributed by atoms with Gasteiger partial charge in [-0.1, -0.05) is 48.5 Å². The van der Waals surface area contributed by atoms with Crippen molar-refractivity contribution >= 4 is 34.6 Å². The summed E-state index contributed by atoms with van der Waals surface area (Å²) in [6, 6.07) is 13.3. The number of hydrogen-bond acceptors (Lipinski definition) is 6. The molecule has 0 spiro atoms. The molecule has 2 heterocycles. The molecular weight excluding hydrogens is 536 g/mol. The number of nitrogens with one attached hydrogen (secondary N) is 5. The van der Waals surface area contributed by atoms with Gasteiger partial charge in [0.05, 0.1) is 6.04 Å². The second-order valence-electron chi connectivity index (χ2n) is 10.7. The van der Waals surface area contributed by atoms with Crippen LogP contribution in [0.4, 0.5) is 0 Å². The van der Waals surface area contributed by atoms with Crippen LogP contribution in [0.2, 0.25) is 0 Å². The molecule has 2 aromatic carbocycles. The highest BCUT2D eigenvalue weighted by Crippen LogP contribution is 2.19. The molecule has 0 radical (unpaired) electrons. The van der Waals surface area contributed by atoms with E-state index in [1.807, 2.05) is 54.6 Å². The number of fused-ring (bicyclic) bond motifs is 1. The summed E-state index contributed by atoms with van der Waals surface area (Å²) in [7, 11) is 0. The van der Waals surface area contributed by atoms with E-state index in [2.05, 4.69) is 26.3 Å². The fourth-order valence-corrected chi connectivity index (χ4v) is 5.27. The minimum atomic E-state index is -1.21. The molecule has 1 aliphatic heterocycles. The Morgan fingerprint density at radius 1 is 0.881 bits per heavy atom. The predicted molar refractivity (Wildman–Crippen MR) is 160 cm³/mol. The number of hydrogen-bond donors (Lipinski definition) is 7. The summed E-state index contributed by atoms with van der Waals surface area (Å²) in [4.78, 5) is 55.3. The average Bonchev–Trinajstić information content (AvgIpc) is 3.67. The predicted octanol–water partition coefficient (Wildman–Crippen LogP) is 1.37. The first-order valence-electron chi connectivity index (χ1n) is 14.5. The highest BCUT2D eigenvalue weighted by molar-refractivity contribution is 5.94. The minimum absolute atomic E-state index is 0.0651. The smallest absolute Gasteiger partial charge is 0.326 e. The van der Waals surface area contributed by atoms with Gasteiger partial charge in [0, 0.05) is 29.9 Å². The van der Waals surface area contributed by atoms with E-state index in [4.69, 9.17) is 5.73 Å². The molecule has 0 saturated carbocycles. The summed E-state index contributed by atoms with van der Waals surface area (Å²) in [6.07, 6.45) is 5.05. The van der Waals surface area contributed by atoms with Crippen LogP contribution < -0.4 is 27.0 Å². The number of benzene rings is 2. The molecule has 0 bridgehead atoms. The van der Waals surface area contributed by atoms with Crippen LogP contribution in [0.3, 0.4) is 0 Å². The summed E-state index contributed by atoms with van der Waals surface area (Å²) < 4.78 is 0. The molecular formula is C31H40N6O5. The number of nitrogens with two attached hydrogens (primary N) is 1. The first-order valence-corrected chi connectivity index (χ1v) is 14.5. The van der Waals surface area contributed by atoms with Crippen molar-refractivity contribution in [3.05, 3.63) is 71.9 Å². The Labute approximate surface area is 245 Å². The van der Waals surface area contributed by atoms with Crippen LogP contribution in [0.15, 0.2) is 60.8 Å². The molecule has 4 atom stereocenters. The van der Waals surface area contributed by atoms with Gasteiger partial charge in [0.25, 0.3) is 0 Å². The normalized spacial score (nSPS) is 16.8. The summed E-state index contributed by atoms with van der Waals surface area (Å²) in [5, 5.41) is 22.3. The Morgan fingerprint density at radius 3 is 2.31 bits per heavy atom. The first kappa shape index (κ1) is 30.7. The molecule has 42 heavy (non-hydrogen) atoms. The Kier molecular flexibility index (Phi) is 11.1. The van der Waals surface area contributed by atoms with Crippen molar-refractivity contribution in [3.8, 4) is 0 Å². The van der Waals surface area contributed by atoms with Crippen molar-refractivity contribution < 1.29 is 24.3 Å². The summed E-state index contributed by atoms with van der Waals surface area (Å²) in [5.41, 5.74) is 8.14. The number of aromatic nitrogens is 1.